The van der Waals surface area contributed by atoms with E-state index >= 15 is 0 Å². The number of nitro benzene ring substituents is 1. The number of carbonyl (C=O) groups is 1. The molecule has 0 spiro atoms. The van der Waals surface area contributed by atoms with Gasteiger partial charge in [0.25, 0.3) is 5.91 Å². The zero-order chi connectivity index (χ0) is 21.7. The molecule has 0 saturated heterocycles. The molecule has 3 aromatic carbocycles. The normalized spacial score (nSPS) is 10.4. The molecule has 0 aliphatic heterocycles. The van der Waals surface area contributed by atoms with Crippen LogP contribution in [-0.2, 0) is 6.42 Å². The fourth-order valence-electron chi connectivity index (χ4n) is 2.67. The molecule has 9 heteroatoms. The number of hydrogen-bond donors (Lipinski definition) is 3. The molecule has 0 unspecified atom stereocenters. The van der Waals surface area contributed by atoms with Crippen LogP contribution in [0.15, 0.2) is 60.7 Å². The molecule has 0 atom stereocenters. The maximum absolute atomic E-state index is 12.3. The summed E-state index contributed by atoms with van der Waals surface area (Å²) in [6.45, 7) is 0.332. The number of phenolic OH excluding ortho intramolecular Hbond substituents is 2. The number of nitrogens with zero attached hydrogens (tertiary/aromatic N) is 1. The molecule has 0 bridgehead atoms. The van der Waals surface area contributed by atoms with Crippen molar-refractivity contribution in [2.75, 3.05) is 6.54 Å². The van der Waals surface area contributed by atoms with Crippen LogP contribution in [0.3, 0.4) is 0 Å². The second kappa shape index (κ2) is 9.15. The number of halogens is 1. The van der Waals surface area contributed by atoms with Crippen molar-refractivity contribution < 1.29 is 24.7 Å². The predicted octanol–water partition coefficient (Wildman–Crippen LogP) is 4.42. The van der Waals surface area contributed by atoms with Crippen LogP contribution in [0, 0.1) is 10.1 Å². The Labute approximate surface area is 176 Å². The highest BCUT2D eigenvalue weighted by molar-refractivity contribution is 6.30. The molecule has 0 fully saturated rings. The van der Waals surface area contributed by atoms with Crippen LogP contribution in [0.5, 0.6) is 23.0 Å². The molecular formula is C21H17ClN2O6. The first-order chi connectivity index (χ1) is 14.3. The fourth-order valence-corrected chi connectivity index (χ4v) is 2.83. The van der Waals surface area contributed by atoms with E-state index in [1.165, 1.54) is 42.5 Å². The van der Waals surface area contributed by atoms with Crippen molar-refractivity contribution in [1.82, 2.24) is 5.32 Å². The number of aromatic hydroxyl groups is 2. The molecule has 3 rings (SSSR count). The minimum Gasteiger partial charge on any atom is -0.504 e. The van der Waals surface area contributed by atoms with Crippen molar-refractivity contribution in [2.24, 2.45) is 0 Å². The van der Waals surface area contributed by atoms with Gasteiger partial charge in [0.2, 0.25) is 5.75 Å². The van der Waals surface area contributed by atoms with Crippen molar-refractivity contribution in [1.29, 1.82) is 0 Å². The highest BCUT2D eigenvalue weighted by atomic mass is 35.5. The number of nitro groups is 1. The van der Waals surface area contributed by atoms with Crippen molar-refractivity contribution >= 4 is 23.2 Å². The maximum Gasteiger partial charge on any atom is 0.313 e. The standard InChI is InChI=1S/C21H17ClN2O6/c22-15-4-8-20(17(12-15)24(28)29)30-16-5-2-14(3-6-16)21(27)23-10-9-13-1-7-18(25)19(26)11-13/h1-8,11-12,25-26H,9-10H2,(H,23,27). The van der Waals surface area contributed by atoms with Gasteiger partial charge in [0.05, 0.1) is 4.92 Å². The van der Waals surface area contributed by atoms with Gasteiger partial charge in [-0.25, -0.2) is 0 Å². The van der Waals surface area contributed by atoms with Crippen molar-refractivity contribution in [3.05, 3.63) is 86.9 Å². The smallest absolute Gasteiger partial charge is 0.313 e. The Kier molecular flexibility index (Phi) is 6.38. The summed E-state index contributed by atoms with van der Waals surface area (Å²) < 4.78 is 5.54. The zero-order valence-corrected chi connectivity index (χ0v) is 16.3. The van der Waals surface area contributed by atoms with E-state index in [2.05, 4.69) is 5.32 Å². The topological polar surface area (TPSA) is 122 Å². The maximum atomic E-state index is 12.3. The van der Waals surface area contributed by atoms with Crippen LogP contribution in [-0.4, -0.2) is 27.6 Å². The number of hydrogen-bond acceptors (Lipinski definition) is 6. The molecule has 8 nitrogen and oxygen atoms in total. The first-order valence-corrected chi connectivity index (χ1v) is 9.22. The van der Waals surface area contributed by atoms with Gasteiger partial charge < -0.3 is 20.3 Å². The number of rotatable bonds is 7. The average Bonchev–Trinajstić information content (AvgIpc) is 2.72. The Bertz CT molecular complexity index is 1090. The predicted molar refractivity (Wildman–Crippen MR) is 110 cm³/mol. The van der Waals surface area contributed by atoms with Crippen LogP contribution in [0.4, 0.5) is 5.69 Å². The molecule has 0 saturated carbocycles. The number of carbonyl (C=O) groups excluding carboxylic acids is 1. The lowest BCUT2D eigenvalue weighted by Gasteiger charge is -2.09. The number of benzene rings is 3. The lowest BCUT2D eigenvalue weighted by molar-refractivity contribution is -0.385. The molecule has 0 radical (unpaired) electrons. The summed E-state index contributed by atoms with van der Waals surface area (Å²) in [5.41, 5.74) is 0.894. The van der Waals surface area contributed by atoms with E-state index < -0.39 is 4.92 Å². The van der Waals surface area contributed by atoms with Gasteiger partial charge in [-0.05, 0) is 60.5 Å². The van der Waals surface area contributed by atoms with Crippen LogP contribution < -0.4 is 10.1 Å². The number of amides is 1. The summed E-state index contributed by atoms with van der Waals surface area (Å²) in [5, 5.41) is 32.9. The molecule has 30 heavy (non-hydrogen) atoms. The minimum absolute atomic E-state index is 0.0405. The summed E-state index contributed by atoms with van der Waals surface area (Å²) >= 11 is 5.79. The first kappa shape index (κ1) is 20.9. The summed E-state index contributed by atoms with van der Waals surface area (Å²) in [4.78, 5) is 22.8. The lowest BCUT2D eigenvalue weighted by Crippen LogP contribution is -2.25. The van der Waals surface area contributed by atoms with Gasteiger partial charge >= 0.3 is 5.69 Å². The second-order valence-electron chi connectivity index (χ2n) is 6.32. The van der Waals surface area contributed by atoms with E-state index in [0.29, 0.717) is 24.3 Å². The second-order valence-corrected chi connectivity index (χ2v) is 6.76. The highest BCUT2D eigenvalue weighted by Crippen LogP contribution is 2.33. The summed E-state index contributed by atoms with van der Waals surface area (Å²) in [5.74, 6) is -0.346. The summed E-state index contributed by atoms with van der Waals surface area (Å²) in [7, 11) is 0. The van der Waals surface area contributed by atoms with E-state index in [4.69, 9.17) is 16.3 Å². The SMILES string of the molecule is O=C(NCCc1ccc(O)c(O)c1)c1ccc(Oc2ccc(Cl)cc2[N+](=O)[O-])cc1. The zero-order valence-electron chi connectivity index (χ0n) is 15.5. The van der Waals surface area contributed by atoms with E-state index in [-0.39, 0.29) is 33.9 Å². The molecule has 0 aliphatic carbocycles. The Morgan fingerprint density at radius 1 is 1.03 bits per heavy atom. The summed E-state index contributed by atoms with van der Waals surface area (Å²) in [6, 6.07) is 14.7. The van der Waals surface area contributed by atoms with Crippen molar-refractivity contribution in [3.8, 4) is 23.0 Å². The molecule has 0 aromatic heterocycles. The van der Waals surface area contributed by atoms with Gasteiger partial charge in [-0.2, -0.15) is 0 Å². The minimum atomic E-state index is -0.586. The number of phenols is 2. The third kappa shape index (κ3) is 5.18. The Hall–Kier alpha value is -3.78. The van der Waals surface area contributed by atoms with E-state index in [1.54, 1.807) is 18.2 Å². The molecule has 3 N–H and O–H groups in total. The first-order valence-electron chi connectivity index (χ1n) is 8.84. The third-order valence-corrected chi connectivity index (χ3v) is 4.44. The number of ether oxygens (including phenoxy) is 1. The van der Waals surface area contributed by atoms with Gasteiger partial charge in [0.15, 0.2) is 11.5 Å². The largest absolute Gasteiger partial charge is 0.504 e. The van der Waals surface area contributed by atoms with Crippen LogP contribution in [0.1, 0.15) is 15.9 Å². The quantitative estimate of drug-likeness (QED) is 0.291. The average molecular weight is 429 g/mol. The molecule has 1 amide bonds. The highest BCUT2D eigenvalue weighted by Gasteiger charge is 2.16. The third-order valence-electron chi connectivity index (χ3n) is 4.20. The van der Waals surface area contributed by atoms with Gasteiger partial charge in [-0.3, -0.25) is 14.9 Å². The lowest BCUT2D eigenvalue weighted by atomic mass is 10.1. The van der Waals surface area contributed by atoms with E-state index in [9.17, 15) is 25.1 Å². The van der Waals surface area contributed by atoms with Crippen LogP contribution in [0.25, 0.3) is 0 Å². The van der Waals surface area contributed by atoms with Crippen molar-refractivity contribution in [3.63, 3.8) is 0 Å². The van der Waals surface area contributed by atoms with E-state index in [0.717, 1.165) is 5.56 Å². The Balaban J connectivity index is 1.59. The monoisotopic (exact) mass is 428 g/mol. The fraction of sp³-hybridized carbons (Fsp3) is 0.0952. The van der Waals surface area contributed by atoms with Gasteiger partial charge in [-0.15, -0.1) is 0 Å². The molecule has 0 aliphatic rings. The Morgan fingerprint density at radius 3 is 2.43 bits per heavy atom. The van der Waals surface area contributed by atoms with E-state index in [1.807, 2.05) is 0 Å². The van der Waals surface area contributed by atoms with Crippen LogP contribution >= 0.6 is 11.6 Å². The van der Waals surface area contributed by atoms with Crippen molar-refractivity contribution in [2.45, 2.75) is 6.42 Å². The van der Waals surface area contributed by atoms with Crippen LogP contribution in [0.2, 0.25) is 5.02 Å². The van der Waals surface area contributed by atoms with Gasteiger partial charge in [0.1, 0.15) is 5.75 Å². The number of nitrogens with one attached hydrogen (secondary N) is 1. The molecular weight excluding hydrogens is 412 g/mol. The summed E-state index contributed by atoms with van der Waals surface area (Å²) in [6.07, 6.45) is 0.473. The van der Waals surface area contributed by atoms with Gasteiger partial charge in [-0.1, -0.05) is 17.7 Å². The van der Waals surface area contributed by atoms with Gasteiger partial charge in [0, 0.05) is 23.2 Å². The molecule has 3 aromatic rings. The molecule has 0 heterocycles. The molecule has 154 valence electrons. The Morgan fingerprint density at radius 2 is 1.77 bits per heavy atom.